The van der Waals surface area contributed by atoms with Crippen molar-refractivity contribution in [3.05, 3.63) is 24.3 Å². The van der Waals surface area contributed by atoms with Crippen molar-refractivity contribution < 1.29 is 0 Å². The fourth-order valence-corrected chi connectivity index (χ4v) is 3.31. The summed E-state index contributed by atoms with van der Waals surface area (Å²) in [7, 11) is 2.04. The van der Waals surface area contributed by atoms with Crippen LogP contribution in [0.2, 0.25) is 0 Å². The van der Waals surface area contributed by atoms with Gasteiger partial charge < -0.3 is 5.32 Å². The van der Waals surface area contributed by atoms with Gasteiger partial charge in [0.25, 0.3) is 0 Å². The van der Waals surface area contributed by atoms with Crippen molar-refractivity contribution in [1.29, 1.82) is 0 Å². The van der Waals surface area contributed by atoms with Crippen LogP contribution in [0.5, 0.6) is 0 Å². The molecule has 1 aromatic heterocycles. The van der Waals surface area contributed by atoms with Crippen LogP contribution in [-0.2, 0) is 0 Å². The third kappa shape index (κ3) is 3.29. The molecule has 0 bridgehead atoms. The molecule has 1 unspecified atom stereocenters. The maximum atomic E-state index is 4.46. The van der Waals surface area contributed by atoms with Crippen LogP contribution in [-0.4, -0.2) is 17.0 Å². The lowest BCUT2D eigenvalue weighted by atomic mass is 9.76. The number of rotatable bonds is 5. The fraction of sp³-hybridized carbons (Fsp3) is 0.733. The van der Waals surface area contributed by atoms with Crippen LogP contribution in [0.4, 0.5) is 0 Å². The molecule has 18 heavy (non-hydrogen) atoms. The van der Waals surface area contributed by atoms with Gasteiger partial charge in [-0.05, 0) is 31.7 Å². The number of hydrogen-bond acceptors (Lipinski definition) is 3. The molecule has 0 saturated heterocycles. The van der Waals surface area contributed by atoms with Crippen molar-refractivity contribution in [3.8, 4) is 0 Å². The molecule has 1 heterocycles. The van der Waals surface area contributed by atoms with E-state index in [0.717, 1.165) is 17.5 Å². The first-order chi connectivity index (χ1) is 8.85. The van der Waals surface area contributed by atoms with E-state index in [2.05, 4.69) is 22.2 Å². The highest BCUT2D eigenvalue weighted by Gasteiger charge is 2.28. The van der Waals surface area contributed by atoms with Gasteiger partial charge >= 0.3 is 0 Å². The Morgan fingerprint density at radius 3 is 2.61 bits per heavy atom. The highest BCUT2D eigenvalue weighted by atomic mass is 14.9. The van der Waals surface area contributed by atoms with Crippen molar-refractivity contribution in [2.75, 3.05) is 7.05 Å². The molecule has 1 aromatic rings. The Morgan fingerprint density at radius 2 is 2.06 bits per heavy atom. The van der Waals surface area contributed by atoms with Gasteiger partial charge in [-0.3, -0.25) is 9.97 Å². The Bertz CT molecular complexity index is 331. The molecular formula is C15H25N3. The predicted molar refractivity (Wildman–Crippen MR) is 74.2 cm³/mol. The Balaban J connectivity index is 1.95. The van der Waals surface area contributed by atoms with Gasteiger partial charge in [-0.2, -0.15) is 0 Å². The zero-order chi connectivity index (χ0) is 12.8. The number of hydrogen-bond donors (Lipinski definition) is 1. The van der Waals surface area contributed by atoms with E-state index >= 15 is 0 Å². The molecule has 0 spiro atoms. The first-order valence-electron chi connectivity index (χ1n) is 7.28. The van der Waals surface area contributed by atoms with E-state index in [0.29, 0.717) is 6.04 Å². The smallest absolute Gasteiger partial charge is 0.0758 e. The van der Waals surface area contributed by atoms with E-state index in [1.54, 1.807) is 12.4 Å². The largest absolute Gasteiger partial charge is 0.311 e. The van der Waals surface area contributed by atoms with Crippen molar-refractivity contribution in [2.24, 2.45) is 11.8 Å². The van der Waals surface area contributed by atoms with Gasteiger partial charge in [0.05, 0.1) is 11.7 Å². The summed E-state index contributed by atoms with van der Waals surface area (Å²) in [4.78, 5) is 8.65. The highest BCUT2D eigenvalue weighted by Crippen LogP contribution is 2.37. The van der Waals surface area contributed by atoms with E-state index in [4.69, 9.17) is 0 Å². The summed E-state index contributed by atoms with van der Waals surface area (Å²) in [6.07, 6.45) is 13.6. The average molecular weight is 247 g/mol. The predicted octanol–water partition coefficient (Wildman–Crippen LogP) is 3.34. The normalized spacial score (nSPS) is 25.9. The molecule has 2 rings (SSSR count). The SMILES string of the molecule is CCCC1CCC(C(NC)c2cnccn2)CC1. The first-order valence-corrected chi connectivity index (χ1v) is 7.28. The standard InChI is InChI=1S/C15H25N3/c1-3-4-12-5-7-13(8-6-12)15(16-2)14-11-17-9-10-18-14/h9-13,15-16H,3-8H2,1-2H3. The molecule has 1 aliphatic rings. The zero-order valence-electron chi connectivity index (χ0n) is 11.6. The van der Waals surface area contributed by atoms with Gasteiger partial charge in [0, 0.05) is 18.6 Å². The molecular weight excluding hydrogens is 222 g/mol. The zero-order valence-corrected chi connectivity index (χ0v) is 11.6. The molecule has 1 fully saturated rings. The van der Waals surface area contributed by atoms with Gasteiger partial charge in [-0.15, -0.1) is 0 Å². The van der Waals surface area contributed by atoms with E-state index in [1.165, 1.54) is 38.5 Å². The minimum Gasteiger partial charge on any atom is -0.311 e. The summed E-state index contributed by atoms with van der Waals surface area (Å²) < 4.78 is 0. The summed E-state index contributed by atoms with van der Waals surface area (Å²) in [5, 5.41) is 3.43. The molecule has 0 aliphatic heterocycles. The second kappa shape index (κ2) is 6.83. The number of aromatic nitrogens is 2. The molecule has 1 N–H and O–H groups in total. The van der Waals surface area contributed by atoms with Gasteiger partial charge in [-0.1, -0.05) is 32.6 Å². The summed E-state index contributed by atoms with van der Waals surface area (Å²) in [6.45, 7) is 2.29. The van der Waals surface area contributed by atoms with Crippen LogP contribution in [0.25, 0.3) is 0 Å². The van der Waals surface area contributed by atoms with Crippen molar-refractivity contribution in [3.63, 3.8) is 0 Å². The molecule has 0 amide bonds. The Kier molecular flexibility index (Phi) is 5.12. The summed E-state index contributed by atoms with van der Waals surface area (Å²) in [6, 6.07) is 0.376. The maximum absolute atomic E-state index is 4.46. The lowest BCUT2D eigenvalue weighted by Gasteiger charge is -2.33. The summed E-state index contributed by atoms with van der Waals surface area (Å²) in [5.41, 5.74) is 1.10. The monoisotopic (exact) mass is 247 g/mol. The Labute approximate surface area is 110 Å². The second-order valence-electron chi connectivity index (χ2n) is 5.47. The third-order valence-corrected chi connectivity index (χ3v) is 4.27. The highest BCUT2D eigenvalue weighted by molar-refractivity contribution is 5.04. The quantitative estimate of drug-likeness (QED) is 0.867. The van der Waals surface area contributed by atoms with Crippen molar-refractivity contribution in [2.45, 2.75) is 51.5 Å². The van der Waals surface area contributed by atoms with E-state index in [1.807, 2.05) is 13.2 Å². The van der Waals surface area contributed by atoms with Crippen molar-refractivity contribution >= 4 is 0 Å². The van der Waals surface area contributed by atoms with Gasteiger partial charge in [0.15, 0.2) is 0 Å². The number of nitrogens with one attached hydrogen (secondary N) is 1. The Hall–Kier alpha value is -0.960. The molecule has 0 aromatic carbocycles. The van der Waals surface area contributed by atoms with E-state index in [9.17, 15) is 0 Å². The lowest BCUT2D eigenvalue weighted by molar-refractivity contribution is 0.217. The minimum absolute atomic E-state index is 0.376. The summed E-state index contributed by atoms with van der Waals surface area (Å²) >= 11 is 0. The average Bonchev–Trinajstić information content (AvgIpc) is 2.43. The molecule has 3 nitrogen and oxygen atoms in total. The van der Waals surface area contributed by atoms with Crippen LogP contribution in [0.3, 0.4) is 0 Å². The number of nitrogens with zero attached hydrogens (tertiary/aromatic N) is 2. The van der Waals surface area contributed by atoms with Crippen molar-refractivity contribution in [1.82, 2.24) is 15.3 Å². The van der Waals surface area contributed by atoms with Crippen LogP contribution in [0.15, 0.2) is 18.6 Å². The second-order valence-corrected chi connectivity index (χ2v) is 5.47. The van der Waals surface area contributed by atoms with Gasteiger partial charge in [0.2, 0.25) is 0 Å². The molecule has 0 radical (unpaired) electrons. The topological polar surface area (TPSA) is 37.8 Å². The van der Waals surface area contributed by atoms with Crippen LogP contribution >= 0.6 is 0 Å². The minimum atomic E-state index is 0.376. The van der Waals surface area contributed by atoms with E-state index < -0.39 is 0 Å². The molecule has 100 valence electrons. The fourth-order valence-electron chi connectivity index (χ4n) is 3.31. The molecule has 1 aliphatic carbocycles. The van der Waals surface area contributed by atoms with Crippen LogP contribution < -0.4 is 5.32 Å². The lowest BCUT2D eigenvalue weighted by Crippen LogP contribution is -2.29. The first kappa shape index (κ1) is 13.5. The van der Waals surface area contributed by atoms with Gasteiger partial charge in [-0.25, -0.2) is 0 Å². The van der Waals surface area contributed by atoms with Crippen LogP contribution in [0.1, 0.15) is 57.2 Å². The maximum Gasteiger partial charge on any atom is 0.0758 e. The third-order valence-electron chi connectivity index (χ3n) is 4.27. The summed E-state index contributed by atoms with van der Waals surface area (Å²) in [5.74, 6) is 1.69. The molecule has 1 atom stereocenters. The molecule has 3 heteroatoms. The van der Waals surface area contributed by atoms with Crippen LogP contribution in [0, 0.1) is 11.8 Å². The van der Waals surface area contributed by atoms with Gasteiger partial charge in [0.1, 0.15) is 0 Å². The van der Waals surface area contributed by atoms with E-state index in [-0.39, 0.29) is 0 Å². The Morgan fingerprint density at radius 1 is 1.28 bits per heavy atom. The molecule has 1 saturated carbocycles.